The second kappa shape index (κ2) is 7.45. The molecule has 0 aromatic heterocycles. The van der Waals surface area contributed by atoms with Gasteiger partial charge in [0.1, 0.15) is 16.8 Å². The number of hydrogen-bond donors (Lipinski definition) is 2. The number of carboxylic acids is 1. The molecule has 0 saturated carbocycles. The number of nitrogens with one attached hydrogen (secondary N) is 1. The lowest BCUT2D eigenvalue weighted by atomic mass is 10.3. The van der Waals surface area contributed by atoms with Gasteiger partial charge in [-0.1, -0.05) is 6.92 Å². The first-order valence-electron chi connectivity index (χ1n) is 6.93. The number of anilines is 1. The van der Waals surface area contributed by atoms with E-state index in [2.05, 4.69) is 4.72 Å². The predicted molar refractivity (Wildman–Crippen MR) is 86.1 cm³/mol. The maximum atomic E-state index is 14.1. The smallest absolute Gasteiger partial charge is 0.321 e. The third kappa shape index (κ3) is 4.65. The Hall–Kier alpha value is -1.72. The fourth-order valence-corrected chi connectivity index (χ4v) is 4.28. The lowest BCUT2D eigenvalue weighted by molar-refractivity contribution is -0.140. The fourth-order valence-electron chi connectivity index (χ4n) is 1.79. The molecule has 1 rings (SSSR count). The van der Waals surface area contributed by atoms with E-state index >= 15 is 0 Å². The average Bonchev–Trinajstić information content (AvgIpc) is 2.44. The van der Waals surface area contributed by atoms with Crippen LogP contribution in [0.2, 0.25) is 0 Å². The molecule has 0 aliphatic carbocycles. The van der Waals surface area contributed by atoms with E-state index in [-0.39, 0.29) is 11.4 Å². The van der Waals surface area contributed by atoms with E-state index < -0.39 is 42.8 Å². The van der Waals surface area contributed by atoms with E-state index in [1.807, 2.05) is 0 Å². The van der Waals surface area contributed by atoms with Crippen LogP contribution in [0.1, 0.15) is 20.3 Å². The molecule has 11 heteroatoms. The van der Waals surface area contributed by atoms with E-state index in [0.29, 0.717) is 10.7 Å². The Kier molecular flexibility index (Phi) is 6.31. The number of sulfonamides is 2. The summed E-state index contributed by atoms with van der Waals surface area (Å²) in [5.41, 5.74) is -0.117. The van der Waals surface area contributed by atoms with E-state index in [0.717, 1.165) is 32.2 Å². The Morgan fingerprint density at radius 2 is 1.92 bits per heavy atom. The van der Waals surface area contributed by atoms with Gasteiger partial charge in [-0.25, -0.2) is 21.2 Å². The number of benzene rings is 1. The Morgan fingerprint density at radius 1 is 1.33 bits per heavy atom. The number of carbonyl (C=O) groups is 1. The Labute approximate surface area is 140 Å². The molecule has 0 radical (unpaired) electrons. The van der Waals surface area contributed by atoms with Gasteiger partial charge in [0.15, 0.2) is 0 Å². The summed E-state index contributed by atoms with van der Waals surface area (Å²) < 4.78 is 64.6. The molecular weight excluding hydrogens is 363 g/mol. The van der Waals surface area contributed by atoms with Crippen molar-refractivity contribution in [3.05, 3.63) is 24.0 Å². The first kappa shape index (κ1) is 20.3. The molecule has 1 atom stereocenters. The zero-order valence-corrected chi connectivity index (χ0v) is 15.0. The third-order valence-corrected chi connectivity index (χ3v) is 6.69. The second-order valence-electron chi connectivity index (χ2n) is 5.10. The van der Waals surface area contributed by atoms with Crippen LogP contribution in [-0.4, -0.2) is 51.1 Å². The lowest BCUT2D eigenvalue weighted by Crippen LogP contribution is -2.40. The first-order valence-corrected chi connectivity index (χ1v) is 10.0. The first-order chi connectivity index (χ1) is 10.9. The largest absolute Gasteiger partial charge is 0.480 e. The van der Waals surface area contributed by atoms with Crippen molar-refractivity contribution < 1.29 is 31.1 Å². The maximum Gasteiger partial charge on any atom is 0.321 e. The molecule has 0 aliphatic heterocycles. The minimum atomic E-state index is -4.38. The quantitative estimate of drug-likeness (QED) is 0.694. The van der Waals surface area contributed by atoms with Gasteiger partial charge in [0.25, 0.3) is 0 Å². The second-order valence-corrected chi connectivity index (χ2v) is 8.91. The summed E-state index contributed by atoms with van der Waals surface area (Å²) in [6.45, 7) is 2.81. The number of halogens is 1. The number of likely N-dealkylation sites (N-methyl/N-ethyl adjacent to an activating group) is 1. The molecule has 0 fully saturated rings. The van der Waals surface area contributed by atoms with Crippen LogP contribution in [0.5, 0.6) is 0 Å². The summed E-state index contributed by atoms with van der Waals surface area (Å²) in [4.78, 5) is 10.2. The minimum Gasteiger partial charge on any atom is -0.480 e. The van der Waals surface area contributed by atoms with Gasteiger partial charge in [-0.3, -0.25) is 9.52 Å². The van der Waals surface area contributed by atoms with E-state index in [9.17, 15) is 26.0 Å². The Bertz CT molecular complexity index is 823. The molecule has 2 N–H and O–H groups in total. The molecule has 1 aromatic carbocycles. The van der Waals surface area contributed by atoms with E-state index in [1.54, 1.807) is 6.92 Å². The molecule has 0 amide bonds. The zero-order chi connectivity index (χ0) is 18.7. The van der Waals surface area contributed by atoms with Crippen molar-refractivity contribution in [1.29, 1.82) is 0 Å². The normalized spacial score (nSPS) is 13.7. The van der Waals surface area contributed by atoms with E-state index in [1.165, 1.54) is 0 Å². The molecular formula is C13H19FN2O6S2. The van der Waals surface area contributed by atoms with Gasteiger partial charge in [-0.15, -0.1) is 0 Å². The third-order valence-electron chi connectivity index (χ3n) is 3.24. The fraction of sp³-hybridized carbons (Fsp3) is 0.462. The highest BCUT2D eigenvalue weighted by molar-refractivity contribution is 7.92. The molecule has 8 nitrogen and oxygen atoms in total. The van der Waals surface area contributed by atoms with Crippen LogP contribution in [0.25, 0.3) is 0 Å². The summed E-state index contributed by atoms with van der Waals surface area (Å²) in [6, 6.07) is 1.33. The standard InChI is InChI=1S/C13H19FN2O6S2/c1-4-7-23(19,20)15-10-5-6-12(11(14)8-10)24(21,22)16(3)9(2)13(17)18/h5-6,8-9,15H,4,7H2,1-3H3,(H,17,18). The number of rotatable bonds is 8. The van der Waals surface area contributed by atoms with Gasteiger partial charge < -0.3 is 5.11 Å². The number of aliphatic carboxylic acids is 1. The van der Waals surface area contributed by atoms with Gasteiger partial charge in [0.05, 0.1) is 11.4 Å². The summed E-state index contributed by atoms with van der Waals surface area (Å²) in [5.74, 6) is -2.73. The molecule has 0 saturated heterocycles. The van der Waals surface area contributed by atoms with Crippen molar-refractivity contribution in [2.45, 2.75) is 31.2 Å². The average molecular weight is 382 g/mol. The van der Waals surface area contributed by atoms with E-state index in [4.69, 9.17) is 5.11 Å². The van der Waals surface area contributed by atoms with Crippen LogP contribution < -0.4 is 4.72 Å². The van der Waals surface area contributed by atoms with Crippen LogP contribution in [0.15, 0.2) is 23.1 Å². The summed E-state index contributed by atoms with van der Waals surface area (Å²) >= 11 is 0. The number of carboxylic acid groups (broad SMARTS) is 1. The van der Waals surface area contributed by atoms with Crippen LogP contribution in [-0.2, 0) is 24.8 Å². The predicted octanol–water partition coefficient (Wildman–Crippen LogP) is 1.07. The molecule has 0 spiro atoms. The summed E-state index contributed by atoms with van der Waals surface area (Å²) in [5, 5.41) is 8.88. The summed E-state index contributed by atoms with van der Waals surface area (Å²) in [6.07, 6.45) is 0.363. The van der Waals surface area contributed by atoms with Crippen molar-refractivity contribution in [3.63, 3.8) is 0 Å². The molecule has 24 heavy (non-hydrogen) atoms. The molecule has 0 aliphatic rings. The highest BCUT2D eigenvalue weighted by Gasteiger charge is 2.31. The lowest BCUT2D eigenvalue weighted by Gasteiger charge is -2.21. The van der Waals surface area contributed by atoms with Crippen molar-refractivity contribution in [2.75, 3.05) is 17.5 Å². The maximum absolute atomic E-state index is 14.1. The molecule has 0 bridgehead atoms. The van der Waals surface area contributed by atoms with Crippen LogP contribution in [0, 0.1) is 5.82 Å². The SMILES string of the molecule is CCCS(=O)(=O)Nc1ccc(S(=O)(=O)N(C)C(C)C(=O)O)c(F)c1. The zero-order valence-electron chi connectivity index (χ0n) is 13.4. The number of hydrogen-bond acceptors (Lipinski definition) is 5. The van der Waals surface area contributed by atoms with Gasteiger partial charge in [-0.05, 0) is 31.5 Å². The van der Waals surface area contributed by atoms with Crippen molar-refractivity contribution in [2.24, 2.45) is 0 Å². The van der Waals surface area contributed by atoms with Gasteiger partial charge in [0.2, 0.25) is 20.0 Å². The number of nitrogens with zero attached hydrogens (tertiary/aromatic N) is 1. The summed E-state index contributed by atoms with van der Waals surface area (Å²) in [7, 11) is -7.01. The highest BCUT2D eigenvalue weighted by atomic mass is 32.2. The van der Waals surface area contributed by atoms with Crippen molar-refractivity contribution >= 4 is 31.7 Å². The monoisotopic (exact) mass is 382 g/mol. The highest BCUT2D eigenvalue weighted by Crippen LogP contribution is 2.23. The molecule has 1 aromatic rings. The van der Waals surface area contributed by atoms with Crippen LogP contribution >= 0.6 is 0 Å². The van der Waals surface area contributed by atoms with Gasteiger partial charge in [0, 0.05) is 7.05 Å². The molecule has 0 heterocycles. The van der Waals surface area contributed by atoms with Gasteiger partial charge >= 0.3 is 5.97 Å². The van der Waals surface area contributed by atoms with Crippen LogP contribution in [0.3, 0.4) is 0 Å². The Morgan fingerprint density at radius 3 is 2.38 bits per heavy atom. The topological polar surface area (TPSA) is 121 Å². The molecule has 1 unspecified atom stereocenters. The Balaban J connectivity index is 3.18. The van der Waals surface area contributed by atoms with Crippen LogP contribution in [0.4, 0.5) is 10.1 Å². The molecule has 136 valence electrons. The minimum absolute atomic E-state index is 0.117. The van der Waals surface area contributed by atoms with Gasteiger partial charge in [-0.2, -0.15) is 4.31 Å². The van der Waals surface area contributed by atoms with Crippen molar-refractivity contribution in [1.82, 2.24) is 4.31 Å². The van der Waals surface area contributed by atoms with Crippen molar-refractivity contribution in [3.8, 4) is 0 Å².